The maximum absolute atomic E-state index is 11.8. The number of hydrogen-bond acceptors (Lipinski definition) is 4. The van der Waals surface area contributed by atoms with Gasteiger partial charge >= 0.3 is 0 Å². The summed E-state index contributed by atoms with van der Waals surface area (Å²) in [6.45, 7) is 4.48. The van der Waals surface area contributed by atoms with Crippen molar-refractivity contribution in [2.45, 2.75) is 38.8 Å². The molecule has 0 spiro atoms. The molecular weight excluding hydrogens is 242 g/mol. The number of aromatic nitrogens is 1. The fourth-order valence-corrected chi connectivity index (χ4v) is 2.03. The van der Waals surface area contributed by atoms with E-state index in [2.05, 4.69) is 22.5 Å². The van der Waals surface area contributed by atoms with E-state index in [0.717, 1.165) is 44.6 Å². The summed E-state index contributed by atoms with van der Waals surface area (Å²) in [6.07, 6.45) is 4.10. The Bertz CT molecular complexity index is 406. The van der Waals surface area contributed by atoms with Crippen molar-refractivity contribution in [3.05, 3.63) is 24.0 Å². The fraction of sp³-hybridized carbons (Fsp3) is 0.571. The van der Waals surface area contributed by atoms with Gasteiger partial charge in [-0.1, -0.05) is 6.92 Å². The molecule has 2 rings (SSSR count). The highest BCUT2D eigenvalue weighted by atomic mass is 16.5. The van der Waals surface area contributed by atoms with Crippen LogP contribution in [0.4, 0.5) is 0 Å². The zero-order chi connectivity index (χ0) is 13.5. The van der Waals surface area contributed by atoms with Crippen molar-refractivity contribution >= 4 is 5.91 Å². The molecule has 1 saturated heterocycles. The zero-order valence-electron chi connectivity index (χ0n) is 11.3. The average molecular weight is 263 g/mol. The Balaban J connectivity index is 1.92. The van der Waals surface area contributed by atoms with Gasteiger partial charge < -0.3 is 15.4 Å². The number of amides is 1. The molecule has 1 aromatic rings. The Morgan fingerprint density at radius 3 is 3.11 bits per heavy atom. The number of carbonyl (C=O) groups is 1. The smallest absolute Gasteiger partial charge is 0.261 e. The lowest BCUT2D eigenvalue weighted by Crippen LogP contribution is -2.36. The van der Waals surface area contributed by atoms with E-state index in [-0.39, 0.29) is 12.0 Å². The van der Waals surface area contributed by atoms with Crippen LogP contribution < -0.4 is 15.4 Å². The first-order valence-corrected chi connectivity index (χ1v) is 6.89. The molecule has 0 saturated carbocycles. The third-order valence-corrected chi connectivity index (χ3v) is 3.12. The highest BCUT2D eigenvalue weighted by Gasteiger charge is 2.22. The Hall–Kier alpha value is -1.62. The van der Waals surface area contributed by atoms with Crippen molar-refractivity contribution in [2.24, 2.45) is 0 Å². The van der Waals surface area contributed by atoms with Gasteiger partial charge in [-0.2, -0.15) is 0 Å². The molecule has 1 atom stereocenters. The summed E-state index contributed by atoms with van der Waals surface area (Å²) in [7, 11) is 0. The van der Waals surface area contributed by atoms with E-state index < -0.39 is 0 Å². The van der Waals surface area contributed by atoms with Crippen molar-refractivity contribution in [1.82, 2.24) is 15.6 Å². The topological polar surface area (TPSA) is 63.2 Å². The second kappa shape index (κ2) is 7.09. The second-order valence-corrected chi connectivity index (χ2v) is 4.66. The molecule has 1 aliphatic heterocycles. The van der Waals surface area contributed by atoms with Gasteiger partial charge in [0.2, 0.25) is 0 Å². The van der Waals surface area contributed by atoms with E-state index in [1.54, 1.807) is 6.20 Å². The van der Waals surface area contributed by atoms with Crippen LogP contribution in [0.15, 0.2) is 18.3 Å². The number of rotatable bonds is 5. The van der Waals surface area contributed by atoms with Crippen molar-refractivity contribution < 1.29 is 9.53 Å². The molecule has 1 fully saturated rings. The van der Waals surface area contributed by atoms with Crippen LogP contribution in [-0.2, 0) is 11.3 Å². The monoisotopic (exact) mass is 263 g/mol. The lowest BCUT2D eigenvalue weighted by molar-refractivity contribution is -0.127. The van der Waals surface area contributed by atoms with Crippen LogP contribution in [0.5, 0.6) is 5.75 Å². The largest absolute Gasteiger partial charge is 0.479 e. The van der Waals surface area contributed by atoms with Gasteiger partial charge in [0.25, 0.3) is 5.91 Å². The molecule has 2 N–H and O–H groups in total. The molecule has 19 heavy (non-hydrogen) atoms. The number of ether oxygens (including phenoxy) is 1. The molecule has 0 radical (unpaired) electrons. The van der Waals surface area contributed by atoms with Gasteiger partial charge in [0.1, 0.15) is 5.75 Å². The SMILES string of the molecule is CCNCc1ccc(OC2CCCCNC2=O)cn1. The Labute approximate surface area is 113 Å². The quantitative estimate of drug-likeness (QED) is 0.839. The molecule has 1 amide bonds. The van der Waals surface area contributed by atoms with Crippen molar-refractivity contribution in [1.29, 1.82) is 0 Å². The standard InChI is InChI=1S/C14H21N3O2/c1-2-15-9-11-6-7-12(10-17-11)19-13-5-3-4-8-16-14(13)18/h6-7,10,13,15H,2-5,8-9H2,1H3,(H,16,18). The lowest BCUT2D eigenvalue weighted by Gasteiger charge is -2.15. The number of pyridine rings is 1. The number of nitrogens with one attached hydrogen (secondary N) is 2. The van der Waals surface area contributed by atoms with Crippen LogP contribution >= 0.6 is 0 Å². The molecule has 1 unspecified atom stereocenters. The van der Waals surface area contributed by atoms with Crippen molar-refractivity contribution in [2.75, 3.05) is 13.1 Å². The van der Waals surface area contributed by atoms with E-state index in [0.29, 0.717) is 5.75 Å². The first kappa shape index (κ1) is 13.8. The molecule has 0 bridgehead atoms. The Kier molecular flexibility index (Phi) is 5.15. The summed E-state index contributed by atoms with van der Waals surface area (Å²) in [6, 6.07) is 3.80. The van der Waals surface area contributed by atoms with E-state index in [4.69, 9.17) is 4.74 Å². The summed E-state index contributed by atoms with van der Waals surface area (Å²) in [5.74, 6) is 0.636. The van der Waals surface area contributed by atoms with Gasteiger partial charge in [-0.3, -0.25) is 9.78 Å². The predicted octanol–water partition coefficient (Wildman–Crippen LogP) is 1.24. The minimum atomic E-state index is -0.385. The summed E-state index contributed by atoms with van der Waals surface area (Å²) in [5.41, 5.74) is 0.972. The third-order valence-electron chi connectivity index (χ3n) is 3.12. The number of nitrogens with zero attached hydrogens (tertiary/aromatic N) is 1. The summed E-state index contributed by atoms with van der Waals surface area (Å²) in [4.78, 5) is 16.1. The van der Waals surface area contributed by atoms with E-state index >= 15 is 0 Å². The van der Waals surface area contributed by atoms with Crippen LogP contribution in [0, 0.1) is 0 Å². The maximum atomic E-state index is 11.8. The van der Waals surface area contributed by atoms with E-state index in [1.165, 1.54) is 0 Å². The molecule has 0 aromatic carbocycles. The Morgan fingerprint density at radius 1 is 1.47 bits per heavy atom. The highest BCUT2D eigenvalue weighted by Crippen LogP contribution is 2.16. The first-order valence-electron chi connectivity index (χ1n) is 6.89. The molecule has 5 nitrogen and oxygen atoms in total. The van der Waals surface area contributed by atoms with Gasteiger partial charge in [0, 0.05) is 13.1 Å². The molecule has 5 heteroatoms. The molecular formula is C14H21N3O2. The van der Waals surface area contributed by atoms with Crippen LogP contribution in [0.25, 0.3) is 0 Å². The van der Waals surface area contributed by atoms with Gasteiger partial charge in [0.05, 0.1) is 11.9 Å². The summed E-state index contributed by atoms with van der Waals surface area (Å²) < 4.78 is 5.71. The lowest BCUT2D eigenvalue weighted by atomic mass is 10.2. The maximum Gasteiger partial charge on any atom is 0.261 e. The van der Waals surface area contributed by atoms with Gasteiger partial charge in [-0.25, -0.2) is 0 Å². The van der Waals surface area contributed by atoms with Crippen molar-refractivity contribution in [3.8, 4) is 5.75 Å². The summed E-state index contributed by atoms with van der Waals surface area (Å²) >= 11 is 0. The fourth-order valence-electron chi connectivity index (χ4n) is 2.03. The molecule has 2 heterocycles. The third kappa shape index (κ3) is 4.21. The van der Waals surface area contributed by atoms with E-state index in [1.807, 2.05) is 12.1 Å². The van der Waals surface area contributed by atoms with Crippen LogP contribution in [-0.4, -0.2) is 30.1 Å². The van der Waals surface area contributed by atoms with Gasteiger partial charge in [-0.05, 0) is 37.9 Å². The zero-order valence-corrected chi connectivity index (χ0v) is 11.3. The van der Waals surface area contributed by atoms with Gasteiger partial charge in [0.15, 0.2) is 6.10 Å². The summed E-state index contributed by atoms with van der Waals surface area (Å²) in [5, 5.41) is 6.07. The van der Waals surface area contributed by atoms with E-state index in [9.17, 15) is 4.79 Å². The average Bonchev–Trinajstić information content (AvgIpc) is 2.63. The minimum absolute atomic E-state index is 0.0192. The highest BCUT2D eigenvalue weighted by molar-refractivity contribution is 5.81. The second-order valence-electron chi connectivity index (χ2n) is 4.66. The van der Waals surface area contributed by atoms with Crippen LogP contribution in [0.3, 0.4) is 0 Å². The molecule has 1 aromatic heterocycles. The predicted molar refractivity (Wildman–Crippen MR) is 72.9 cm³/mol. The van der Waals surface area contributed by atoms with Crippen LogP contribution in [0.2, 0.25) is 0 Å². The van der Waals surface area contributed by atoms with Crippen molar-refractivity contribution in [3.63, 3.8) is 0 Å². The molecule has 104 valence electrons. The first-order chi connectivity index (χ1) is 9.29. The van der Waals surface area contributed by atoms with Crippen LogP contribution in [0.1, 0.15) is 31.9 Å². The number of hydrogen-bond donors (Lipinski definition) is 2. The molecule has 1 aliphatic rings. The normalized spacial score (nSPS) is 19.6. The number of carbonyl (C=O) groups excluding carboxylic acids is 1. The minimum Gasteiger partial charge on any atom is -0.479 e. The van der Waals surface area contributed by atoms with Gasteiger partial charge in [-0.15, -0.1) is 0 Å². The Morgan fingerprint density at radius 2 is 2.37 bits per heavy atom. The molecule has 0 aliphatic carbocycles.